The maximum absolute atomic E-state index is 11.8. The highest BCUT2D eigenvalue weighted by Crippen LogP contribution is 2.38. The average Bonchev–Trinajstić information content (AvgIpc) is 3.09. The van der Waals surface area contributed by atoms with Crippen LogP contribution in [-0.4, -0.2) is 66.3 Å². The van der Waals surface area contributed by atoms with Gasteiger partial charge >= 0.3 is 0 Å². The van der Waals surface area contributed by atoms with Gasteiger partial charge in [0.25, 0.3) is 5.56 Å². The first-order chi connectivity index (χ1) is 11.9. The van der Waals surface area contributed by atoms with E-state index in [2.05, 4.69) is 30.3 Å². The number of aromatic amines is 1. The van der Waals surface area contributed by atoms with E-state index < -0.39 is 36.3 Å². The number of H-pyrrole nitrogens is 1. The smallest absolute Gasteiger partial charge is 0.282 e. The van der Waals surface area contributed by atoms with E-state index in [1.165, 1.54) is 0 Å². The Balaban J connectivity index is 2.06. The predicted molar refractivity (Wildman–Crippen MR) is 80.9 cm³/mol. The number of nitrogen functional groups attached to an aromatic ring is 1. The second-order valence-corrected chi connectivity index (χ2v) is 5.24. The molecule has 14 heteroatoms. The zero-order chi connectivity index (χ0) is 18.2. The summed E-state index contributed by atoms with van der Waals surface area (Å²) in [6, 6.07) is 0. The summed E-state index contributed by atoms with van der Waals surface area (Å²) >= 11 is 0. The molecule has 1 fully saturated rings. The minimum absolute atomic E-state index is 0.0476. The third-order valence-electron chi connectivity index (χ3n) is 3.72. The van der Waals surface area contributed by atoms with Gasteiger partial charge < -0.3 is 25.4 Å². The second-order valence-electron chi connectivity index (χ2n) is 5.24. The summed E-state index contributed by atoms with van der Waals surface area (Å²) in [6.45, 7) is 1.36. The zero-order valence-electron chi connectivity index (χ0n) is 13.0. The van der Waals surface area contributed by atoms with Crippen molar-refractivity contribution in [2.75, 3.05) is 18.9 Å². The van der Waals surface area contributed by atoms with Crippen LogP contribution in [0.3, 0.4) is 0 Å². The number of nitrogens with one attached hydrogen (secondary N) is 1. The van der Waals surface area contributed by atoms with Crippen LogP contribution >= 0.6 is 0 Å². The molecule has 0 saturated carbocycles. The number of fused-ring (bicyclic) bond motifs is 1. The average molecular weight is 353 g/mol. The van der Waals surface area contributed by atoms with Crippen LogP contribution in [0.2, 0.25) is 0 Å². The summed E-state index contributed by atoms with van der Waals surface area (Å²) < 4.78 is 12.0. The molecule has 25 heavy (non-hydrogen) atoms. The molecule has 1 aliphatic rings. The zero-order valence-corrected chi connectivity index (χ0v) is 13.0. The van der Waals surface area contributed by atoms with Gasteiger partial charge in [-0.05, 0) is 12.5 Å². The van der Waals surface area contributed by atoms with Crippen LogP contribution in [0.1, 0.15) is 13.2 Å². The maximum atomic E-state index is 11.8. The number of nitrogens with zero attached hydrogens (tertiary/aromatic N) is 7. The van der Waals surface area contributed by atoms with Gasteiger partial charge in [0.1, 0.15) is 12.2 Å². The number of hydrogen-bond acceptors (Lipinski definition) is 10. The van der Waals surface area contributed by atoms with Crippen molar-refractivity contribution in [2.45, 2.75) is 31.1 Å². The highest BCUT2D eigenvalue weighted by Gasteiger charge is 2.56. The van der Waals surface area contributed by atoms with E-state index in [-0.39, 0.29) is 23.7 Å². The first-order valence-electron chi connectivity index (χ1n) is 7.23. The predicted octanol–water partition coefficient (Wildman–Crippen LogP) is -1.61. The van der Waals surface area contributed by atoms with E-state index in [0.29, 0.717) is 0 Å². The summed E-state index contributed by atoms with van der Waals surface area (Å²) in [5, 5.41) is 31.5. The number of hydrogen-bond donors (Lipinski definition) is 4. The van der Waals surface area contributed by atoms with E-state index in [4.69, 9.17) is 20.7 Å². The molecule has 0 radical (unpaired) electrons. The van der Waals surface area contributed by atoms with Gasteiger partial charge in [-0.2, -0.15) is 9.67 Å². The van der Waals surface area contributed by atoms with Crippen LogP contribution in [-0.2, 0) is 9.47 Å². The van der Waals surface area contributed by atoms with Crippen LogP contribution < -0.4 is 11.3 Å². The Hall–Kier alpha value is -2.77. The molecule has 134 valence electrons. The van der Waals surface area contributed by atoms with Gasteiger partial charge in [0.05, 0.1) is 6.54 Å². The Bertz CT molecular complexity index is 890. The van der Waals surface area contributed by atoms with Crippen LogP contribution in [0.4, 0.5) is 5.95 Å². The fraction of sp³-hybridized carbons (Fsp3) is 0.636. The quantitative estimate of drug-likeness (QED) is 0.276. The molecule has 0 aromatic carbocycles. The normalized spacial score (nSPS) is 29.0. The van der Waals surface area contributed by atoms with E-state index in [1.807, 2.05) is 0 Å². The first-order valence-corrected chi connectivity index (χ1v) is 7.23. The molecule has 0 unspecified atom stereocenters. The SMILES string of the molecule is CCO[C@@]1(CN=[N+]=[N-])O[C@@H](n2nnc3c(=O)[nH]c(N)nc32)[C@H](O)[C@@H]1O. The molecule has 0 spiro atoms. The number of aromatic nitrogens is 5. The standard InChI is InChI=1S/C11H15N9O5/c1-2-24-11(3-14-18-13)6(22)5(21)9(25-11)20-7-4(17-19-20)8(23)16-10(12)15-7/h5-6,9,21-22H,2-3H2,1H3,(H3,12,15,16,23)/t5-,6+,9-,11+/m1/s1. The molecule has 2 aromatic heterocycles. The van der Waals surface area contributed by atoms with Crippen LogP contribution in [0.25, 0.3) is 21.6 Å². The molecule has 0 aliphatic carbocycles. The lowest BCUT2D eigenvalue weighted by Gasteiger charge is -2.29. The number of anilines is 1. The van der Waals surface area contributed by atoms with Crippen molar-refractivity contribution in [3.8, 4) is 0 Å². The summed E-state index contributed by atoms with van der Waals surface area (Å²) in [4.78, 5) is 20.6. The Morgan fingerprint density at radius 3 is 3.04 bits per heavy atom. The Kier molecular flexibility index (Phi) is 4.28. The van der Waals surface area contributed by atoms with E-state index in [1.54, 1.807) is 6.92 Å². The van der Waals surface area contributed by atoms with Crippen molar-refractivity contribution in [3.05, 3.63) is 20.8 Å². The van der Waals surface area contributed by atoms with Gasteiger partial charge in [0.2, 0.25) is 11.7 Å². The molecule has 5 N–H and O–H groups in total. The summed E-state index contributed by atoms with van der Waals surface area (Å²) in [5.74, 6) is -1.96. The van der Waals surface area contributed by atoms with Crippen molar-refractivity contribution in [1.29, 1.82) is 0 Å². The fourth-order valence-corrected chi connectivity index (χ4v) is 2.65. The lowest BCUT2D eigenvalue weighted by Crippen LogP contribution is -2.48. The Morgan fingerprint density at radius 1 is 1.60 bits per heavy atom. The fourth-order valence-electron chi connectivity index (χ4n) is 2.65. The first kappa shape index (κ1) is 17.1. The van der Waals surface area contributed by atoms with Crippen molar-refractivity contribution < 1.29 is 19.7 Å². The van der Waals surface area contributed by atoms with E-state index in [0.717, 1.165) is 4.68 Å². The summed E-state index contributed by atoms with van der Waals surface area (Å²) in [7, 11) is 0. The largest absolute Gasteiger partial charge is 0.385 e. The molecular formula is C11H15N9O5. The Labute approximate surface area is 138 Å². The molecule has 2 aromatic rings. The molecule has 4 atom stereocenters. The van der Waals surface area contributed by atoms with E-state index in [9.17, 15) is 15.0 Å². The Morgan fingerprint density at radius 2 is 2.36 bits per heavy atom. The van der Waals surface area contributed by atoms with Gasteiger partial charge in [-0.3, -0.25) is 9.78 Å². The molecule has 1 saturated heterocycles. The lowest BCUT2D eigenvalue weighted by molar-refractivity contribution is -0.258. The highest BCUT2D eigenvalue weighted by atomic mass is 16.7. The van der Waals surface area contributed by atoms with Gasteiger partial charge in [0.15, 0.2) is 17.4 Å². The van der Waals surface area contributed by atoms with Gasteiger partial charge in [-0.25, -0.2) is 0 Å². The molecule has 3 heterocycles. The third kappa shape index (κ3) is 2.67. The summed E-state index contributed by atoms with van der Waals surface area (Å²) in [6.07, 6.45) is -4.37. The molecule has 3 rings (SSSR count). The number of nitrogens with two attached hydrogens (primary N) is 1. The van der Waals surface area contributed by atoms with E-state index >= 15 is 0 Å². The molecular weight excluding hydrogens is 338 g/mol. The lowest BCUT2D eigenvalue weighted by atomic mass is 10.1. The van der Waals surface area contributed by atoms with Crippen molar-refractivity contribution >= 4 is 17.1 Å². The monoisotopic (exact) mass is 353 g/mol. The van der Waals surface area contributed by atoms with Crippen molar-refractivity contribution in [2.24, 2.45) is 5.11 Å². The van der Waals surface area contributed by atoms with Gasteiger partial charge in [-0.15, -0.1) is 5.10 Å². The topological polar surface area (TPSA) is 210 Å². The van der Waals surface area contributed by atoms with Crippen molar-refractivity contribution in [3.63, 3.8) is 0 Å². The molecule has 0 amide bonds. The summed E-state index contributed by atoms with van der Waals surface area (Å²) in [5.41, 5.74) is 13.3. The number of rotatable bonds is 5. The van der Waals surface area contributed by atoms with Gasteiger partial charge in [-0.1, -0.05) is 10.3 Å². The highest BCUT2D eigenvalue weighted by molar-refractivity contribution is 5.69. The number of ether oxygens (including phenoxy) is 2. The second kappa shape index (κ2) is 6.27. The van der Waals surface area contributed by atoms with Crippen LogP contribution in [0.15, 0.2) is 9.91 Å². The van der Waals surface area contributed by atoms with Crippen LogP contribution in [0.5, 0.6) is 0 Å². The maximum Gasteiger partial charge on any atom is 0.282 e. The third-order valence-corrected chi connectivity index (χ3v) is 3.72. The van der Waals surface area contributed by atoms with Gasteiger partial charge in [0, 0.05) is 11.5 Å². The number of azide groups is 1. The number of aliphatic hydroxyl groups excluding tert-OH is 2. The molecule has 0 bridgehead atoms. The molecule has 1 aliphatic heterocycles. The van der Waals surface area contributed by atoms with Crippen LogP contribution in [0, 0.1) is 0 Å². The minimum atomic E-state index is -1.78. The molecule has 14 nitrogen and oxygen atoms in total. The van der Waals surface area contributed by atoms with Crippen molar-refractivity contribution in [1.82, 2.24) is 25.0 Å². The number of aliphatic hydroxyl groups is 2. The minimum Gasteiger partial charge on any atom is -0.385 e.